The average Bonchev–Trinajstić information content (AvgIpc) is 3.52. The average molecular weight is 506 g/mol. The van der Waals surface area contributed by atoms with Gasteiger partial charge in [-0.1, -0.05) is 0 Å². The summed E-state index contributed by atoms with van der Waals surface area (Å²) in [6.45, 7) is 6.12. The summed E-state index contributed by atoms with van der Waals surface area (Å²) in [7, 11) is 2.09. The Hall–Kier alpha value is -2.87. The minimum absolute atomic E-state index is 0.140. The van der Waals surface area contributed by atoms with Gasteiger partial charge in [0.15, 0.2) is 0 Å². The Kier molecular flexibility index (Phi) is 7.56. The number of benzene rings is 2. The third kappa shape index (κ3) is 6.00. The van der Waals surface area contributed by atoms with Gasteiger partial charge in [-0.05, 0) is 100 Å². The van der Waals surface area contributed by atoms with E-state index in [-0.39, 0.29) is 12.0 Å². The second-order valence-electron chi connectivity index (χ2n) is 10.9. The number of amides is 1. The summed E-state index contributed by atoms with van der Waals surface area (Å²) in [5.41, 5.74) is 4.29. The standard InChI is InChI=1S/C30H39N3O4/c1-20-26-17-23(18-31-22-12-14-30(2,35)15-13-22)33(3)28(26)11-10-27(20)32-29(34)21-6-8-24(9-7-21)37-19-25-5-4-16-36-25/h6-11,17,22,25,31,35H,4-5,12-16,18-19H2,1-3H3,(H,32,34)/t22-,25-,30+/m0/s1. The fourth-order valence-electron chi connectivity index (χ4n) is 5.47. The summed E-state index contributed by atoms with van der Waals surface area (Å²) in [5.74, 6) is 0.604. The number of rotatable bonds is 8. The van der Waals surface area contributed by atoms with Crippen molar-refractivity contribution in [2.24, 2.45) is 7.05 Å². The van der Waals surface area contributed by atoms with Crippen LogP contribution in [0.3, 0.4) is 0 Å². The predicted molar refractivity (Wildman–Crippen MR) is 146 cm³/mol. The highest BCUT2D eigenvalue weighted by Gasteiger charge is 2.28. The van der Waals surface area contributed by atoms with Crippen molar-refractivity contribution in [3.05, 3.63) is 59.3 Å². The molecule has 1 atom stereocenters. The molecule has 7 nitrogen and oxygen atoms in total. The van der Waals surface area contributed by atoms with Gasteiger partial charge in [0, 0.05) is 54.1 Å². The van der Waals surface area contributed by atoms with Crippen LogP contribution >= 0.6 is 0 Å². The minimum atomic E-state index is -0.518. The molecule has 0 unspecified atom stereocenters. The van der Waals surface area contributed by atoms with E-state index >= 15 is 0 Å². The van der Waals surface area contributed by atoms with Gasteiger partial charge in [-0.2, -0.15) is 0 Å². The molecule has 1 aromatic heterocycles. The zero-order chi connectivity index (χ0) is 26.0. The summed E-state index contributed by atoms with van der Waals surface area (Å²) in [6.07, 6.45) is 5.96. The topological polar surface area (TPSA) is 84.8 Å². The lowest BCUT2D eigenvalue weighted by Crippen LogP contribution is -2.39. The molecule has 1 saturated carbocycles. The van der Waals surface area contributed by atoms with E-state index in [1.165, 1.54) is 5.69 Å². The van der Waals surface area contributed by atoms with Gasteiger partial charge < -0.3 is 29.8 Å². The van der Waals surface area contributed by atoms with Gasteiger partial charge in [-0.3, -0.25) is 4.79 Å². The summed E-state index contributed by atoms with van der Waals surface area (Å²) < 4.78 is 13.6. The maximum Gasteiger partial charge on any atom is 0.255 e. The number of carbonyl (C=O) groups excluding carboxylic acids is 1. The second kappa shape index (κ2) is 10.9. The van der Waals surface area contributed by atoms with E-state index < -0.39 is 5.60 Å². The van der Waals surface area contributed by atoms with Crippen molar-refractivity contribution in [2.75, 3.05) is 18.5 Å². The molecule has 2 fully saturated rings. The minimum Gasteiger partial charge on any atom is -0.491 e. The van der Waals surface area contributed by atoms with Crippen LogP contribution in [-0.2, 0) is 18.3 Å². The first-order valence-electron chi connectivity index (χ1n) is 13.5. The number of fused-ring (bicyclic) bond motifs is 1. The van der Waals surface area contributed by atoms with E-state index in [0.29, 0.717) is 18.2 Å². The highest BCUT2D eigenvalue weighted by molar-refractivity contribution is 6.06. The Bertz CT molecular complexity index is 1230. The molecule has 2 aromatic carbocycles. The van der Waals surface area contributed by atoms with Crippen LogP contribution in [0.25, 0.3) is 10.9 Å². The molecule has 1 aliphatic heterocycles. The monoisotopic (exact) mass is 505 g/mol. The number of aromatic nitrogens is 1. The number of nitrogens with zero attached hydrogens (tertiary/aromatic N) is 1. The molecule has 1 amide bonds. The van der Waals surface area contributed by atoms with Gasteiger partial charge in [0.05, 0.1) is 11.7 Å². The number of hydrogen-bond donors (Lipinski definition) is 3. The van der Waals surface area contributed by atoms with E-state index in [2.05, 4.69) is 41.3 Å². The quantitative estimate of drug-likeness (QED) is 0.398. The molecule has 0 radical (unpaired) electrons. The van der Waals surface area contributed by atoms with Crippen LogP contribution in [0.4, 0.5) is 5.69 Å². The first kappa shape index (κ1) is 25.8. The molecule has 0 bridgehead atoms. The van der Waals surface area contributed by atoms with Gasteiger partial charge in [-0.15, -0.1) is 0 Å². The van der Waals surface area contributed by atoms with E-state index in [1.807, 2.05) is 25.1 Å². The van der Waals surface area contributed by atoms with Crippen LogP contribution in [-0.4, -0.2) is 46.5 Å². The van der Waals surface area contributed by atoms with Crippen molar-refractivity contribution >= 4 is 22.5 Å². The van der Waals surface area contributed by atoms with Gasteiger partial charge in [0.2, 0.25) is 0 Å². The molecule has 2 aliphatic rings. The van der Waals surface area contributed by atoms with Gasteiger partial charge >= 0.3 is 0 Å². The fraction of sp³-hybridized carbons (Fsp3) is 0.500. The summed E-state index contributed by atoms with van der Waals surface area (Å²) >= 11 is 0. The van der Waals surface area contributed by atoms with Crippen LogP contribution in [0, 0.1) is 6.92 Å². The Morgan fingerprint density at radius 2 is 1.92 bits per heavy atom. The molecule has 37 heavy (non-hydrogen) atoms. The second-order valence-corrected chi connectivity index (χ2v) is 10.9. The Balaban J connectivity index is 1.21. The van der Waals surface area contributed by atoms with Crippen LogP contribution < -0.4 is 15.4 Å². The maximum atomic E-state index is 13.0. The molecular formula is C30H39N3O4. The number of aryl methyl sites for hydroxylation is 2. The number of ether oxygens (including phenoxy) is 2. The smallest absolute Gasteiger partial charge is 0.255 e. The first-order chi connectivity index (χ1) is 17.8. The van der Waals surface area contributed by atoms with Gasteiger partial charge in [-0.25, -0.2) is 0 Å². The molecule has 1 saturated heterocycles. The number of anilines is 1. The van der Waals surface area contributed by atoms with Gasteiger partial charge in [0.25, 0.3) is 5.91 Å². The molecule has 3 aromatic rings. The third-order valence-corrected chi connectivity index (χ3v) is 8.05. The van der Waals surface area contributed by atoms with Crippen molar-refractivity contribution in [3.63, 3.8) is 0 Å². The fourth-order valence-corrected chi connectivity index (χ4v) is 5.47. The van der Waals surface area contributed by atoms with E-state index in [1.54, 1.807) is 12.1 Å². The molecule has 7 heteroatoms. The highest BCUT2D eigenvalue weighted by Crippen LogP contribution is 2.30. The number of hydrogen-bond acceptors (Lipinski definition) is 5. The first-order valence-corrected chi connectivity index (χ1v) is 13.5. The molecule has 0 spiro atoms. The lowest BCUT2D eigenvalue weighted by Gasteiger charge is -2.33. The highest BCUT2D eigenvalue weighted by atomic mass is 16.5. The zero-order valence-electron chi connectivity index (χ0n) is 22.2. The molecule has 198 valence electrons. The van der Waals surface area contributed by atoms with Crippen molar-refractivity contribution in [2.45, 2.75) is 76.7 Å². The molecule has 3 N–H and O–H groups in total. The predicted octanol–water partition coefficient (Wildman–Crippen LogP) is 5.08. The van der Waals surface area contributed by atoms with Crippen molar-refractivity contribution in [1.82, 2.24) is 9.88 Å². The van der Waals surface area contributed by atoms with Crippen molar-refractivity contribution < 1.29 is 19.4 Å². The van der Waals surface area contributed by atoms with Crippen LogP contribution in [0.15, 0.2) is 42.5 Å². The van der Waals surface area contributed by atoms with Crippen LogP contribution in [0.5, 0.6) is 5.75 Å². The number of carbonyl (C=O) groups is 1. The van der Waals surface area contributed by atoms with Crippen molar-refractivity contribution in [1.29, 1.82) is 0 Å². The lowest BCUT2D eigenvalue weighted by molar-refractivity contribution is 0.0139. The number of aliphatic hydroxyl groups is 1. The Labute approximate surface area is 219 Å². The normalized spacial score (nSPS) is 23.9. The van der Waals surface area contributed by atoms with Crippen molar-refractivity contribution in [3.8, 4) is 5.75 Å². The maximum absolute atomic E-state index is 13.0. The Morgan fingerprint density at radius 1 is 1.16 bits per heavy atom. The van der Waals surface area contributed by atoms with E-state index in [0.717, 1.165) is 79.6 Å². The number of nitrogens with one attached hydrogen (secondary N) is 2. The van der Waals surface area contributed by atoms with Crippen LogP contribution in [0.1, 0.15) is 67.1 Å². The summed E-state index contributed by atoms with van der Waals surface area (Å²) in [5, 5.41) is 18.1. The van der Waals surface area contributed by atoms with Gasteiger partial charge in [0.1, 0.15) is 12.4 Å². The van der Waals surface area contributed by atoms with E-state index in [9.17, 15) is 9.90 Å². The molecule has 1 aliphatic carbocycles. The Morgan fingerprint density at radius 3 is 2.62 bits per heavy atom. The zero-order valence-corrected chi connectivity index (χ0v) is 22.2. The largest absolute Gasteiger partial charge is 0.491 e. The van der Waals surface area contributed by atoms with Crippen LogP contribution in [0.2, 0.25) is 0 Å². The third-order valence-electron chi connectivity index (χ3n) is 8.05. The molecule has 2 heterocycles. The molecule has 5 rings (SSSR count). The summed E-state index contributed by atoms with van der Waals surface area (Å²) in [6, 6.07) is 14.0. The lowest BCUT2D eigenvalue weighted by atomic mass is 9.83. The molecular weight excluding hydrogens is 466 g/mol. The SMILES string of the molecule is Cc1c(NC(=O)c2ccc(OC[C@@H]3CCCO3)cc2)ccc2c1cc(CN[C@H]1CC[C@@](C)(O)CC1)n2C. The summed E-state index contributed by atoms with van der Waals surface area (Å²) in [4.78, 5) is 13.0. The van der Waals surface area contributed by atoms with E-state index in [4.69, 9.17) is 9.47 Å².